The van der Waals surface area contributed by atoms with Crippen molar-refractivity contribution in [1.82, 2.24) is 4.57 Å². The highest BCUT2D eigenvalue weighted by Gasteiger charge is 2.35. The zero-order valence-corrected chi connectivity index (χ0v) is 27.1. The highest BCUT2D eigenvalue weighted by molar-refractivity contribution is 14.1. The Balaban J connectivity index is 1.99. The van der Waals surface area contributed by atoms with E-state index in [-0.39, 0.29) is 18.3 Å². The van der Waals surface area contributed by atoms with E-state index in [2.05, 4.69) is 56.8 Å². The fourth-order valence-electron chi connectivity index (χ4n) is 4.28. The summed E-state index contributed by atoms with van der Waals surface area (Å²) in [5.74, 6) is 0.762. The maximum absolute atomic E-state index is 14.1. The lowest BCUT2D eigenvalue weighted by atomic mass is 9.95. The van der Waals surface area contributed by atoms with Crippen LogP contribution in [0.2, 0.25) is 0 Å². The van der Waals surface area contributed by atoms with Crippen LogP contribution in [-0.4, -0.2) is 29.9 Å². The van der Waals surface area contributed by atoms with Crippen LogP contribution in [-0.2, 0) is 9.53 Å². The number of thiazole rings is 1. The Labute approximate surface area is 258 Å². The van der Waals surface area contributed by atoms with Gasteiger partial charge < -0.3 is 14.2 Å². The molecule has 0 radical (unpaired) electrons. The lowest BCUT2D eigenvalue weighted by Crippen LogP contribution is -2.40. The number of hydrogen-bond acceptors (Lipinski definition) is 7. The molecule has 0 unspecified atom stereocenters. The van der Waals surface area contributed by atoms with Crippen molar-refractivity contribution in [2.24, 2.45) is 4.99 Å². The normalized spacial score (nSPS) is 15.2. The number of fused-ring (bicyclic) bond motifs is 1. The first-order valence-electron chi connectivity index (χ1n) is 12.3. The second kappa shape index (κ2) is 12.8. The number of halogens is 2. The Morgan fingerprint density at radius 2 is 2.00 bits per heavy atom. The van der Waals surface area contributed by atoms with Crippen molar-refractivity contribution in [3.05, 3.63) is 98.3 Å². The van der Waals surface area contributed by atoms with Gasteiger partial charge in [-0.1, -0.05) is 42.2 Å². The highest BCUT2D eigenvalue weighted by Crippen LogP contribution is 2.36. The molecule has 2 aromatic carbocycles. The topological polar surface area (TPSA) is 79.1 Å². The van der Waals surface area contributed by atoms with Crippen LogP contribution in [0.25, 0.3) is 6.08 Å². The number of carbonyl (C=O) groups is 1. The number of esters is 1. The number of allylic oxidation sites excluding steroid dienone is 1. The van der Waals surface area contributed by atoms with Crippen molar-refractivity contribution in [3.63, 3.8) is 0 Å². The quantitative estimate of drug-likeness (QED) is 0.167. The molecule has 1 atom stereocenters. The highest BCUT2D eigenvalue weighted by atomic mass is 127. The molecule has 0 amide bonds. The number of rotatable bonds is 9. The van der Waals surface area contributed by atoms with Crippen LogP contribution in [0.4, 0.5) is 0 Å². The molecule has 2 heterocycles. The lowest BCUT2D eigenvalue weighted by molar-refractivity contribution is -0.139. The predicted octanol–water partition coefficient (Wildman–Crippen LogP) is 5.36. The molecule has 0 spiro atoms. The summed E-state index contributed by atoms with van der Waals surface area (Å²) in [6, 6.07) is 10.7. The van der Waals surface area contributed by atoms with Crippen LogP contribution in [0.1, 0.15) is 44.9 Å². The molecule has 0 aliphatic carbocycles. The van der Waals surface area contributed by atoms with Gasteiger partial charge in [0.05, 0.1) is 32.1 Å². The van der Waals surface area contributed by atoms with E-state index in [1.807, 2.05) is 56.3 Å². The summed E-state index contributed by atoms with van der Waals surface area (Å²) in [5.41, 5.74) is 2.02. The average molecular weight is 770 g/mol. The van der Waals surface area contributed by atoms with E-state index in [4.69, 9.17) is 14.2 Å². The summed E-state index contributed by atoms with van der Waals surface area (Å²) in [4.78, 5) is 32.5. The fourth-order valence-corrected chi connectivity index (χ4v) is 7.36. The molecule has 0 saturated heterocycles. The van der Waals surface area contributed by atoms with Gasteiger partial charge >= 0.3 is 5.97 Å². The first-order valence-corrected chi connectivity index (χ1v) is 15.3. The SMILES string of the molecule is C=CCOc1c(I)cc(I)cc1/C=c1\sc2n(c1=O)[C@@H](c1ccccc1OC(C)C)C(C(=O)OCC)=C(C)N=2. The van der Waals surface area contributed by atoms with Crippen LogP contribution >= 0.6 is 56.5 Å². The van der Waals surface area contributed by atoms with Crippen molar-refractivity contribution in [1.29, 1.82) is 0 Å². The van der Waals surface area contributed by atoms with Gasteiger partial charge in [0.2, 0.25) is 0 Å². The van der Waals surface area contributed by atoms with Crippen molar-refractivity contribution >= 4 is 68.6 Å². The van der Waals surface area contributed by atoms with Crippen LogP contribution in [0.15, 0.2) is 70.1 Å². The van der Waals surface area contributed by atoms with Gasteiger partial charge in [0.25, 0.3) is 5.56 Å². The third kappa shape index (κ3) is 6.32. The first-order chi connectivity index (χ1) is 18.7. The van der Waals surface area contributed by atoms with Crippen molar-refractivity contribution in [3.8, 4) is 11.5 Å². The summed E-state index contributed by atoms with van der Waals surface area (Å²) < 4.78 is 21.5. The molecule has 4 rings (SSSR count). The van der Waals surface area contributed by atoms with Gasteiger partial charge in [-0.05, 0) is 97.2 Å². The zero-order chi connectivity index (χ0) is 28.3. The number of benzene rings is 2. The van der Waals surface area contributed by atoms with Crippen molar-refractivity contribution < 1.29 is 19.0 Å². The summed E-state index contributed by atoms with van der Waals surface area (Å²) in [7, 11) is 0. The van der Waals surface area contributed by atoms with Gasteiger partial charge in [-0.2, -0.15) is 0 Å². The summed E-state index contributed by atoms with van der Waals surface area (Å²) in [6.45, 7) is 11.7. The Morgan fingerprint density at radius 1 is 1.26 bits per heavy atom. The predicted molar refractivity (Wildman–Crippen MR) is 170 cm³/mol. The van der Waals surface area contributed by atoms with Gasteiger partial charge in [-0.15, -0.1) is 0 Å². The van der Waals surface area contributed by atoms with Crippen molar-refractivity contribution in [2.75, 3.05) is 13.2 Å². The fraction of sp³-hybridized carbons (Fsp3) is 0.276. The molecule has 204 valence electrons. The molecule has 10 heteroatoms. The second-order valence-electron chi connectivity index (χ2n) is 8.91. The zero-order valence-electron chi connectivity index (χ0n) is 22.0. The monoisotopic (exact) mass is 770 g/mol. The molecule has 0 bridgehead atoms. The van der Waals surface area contributed by atoms with E-state index in [0.29, 0.717) is 44.3 Å². The number of ether oxygens (including phenoxy) is 3. The molecule has 0 saturated carbocycles. The Hall–Kier alpha value is -2.45. The van der Waals surface area contributed by atoms with Crippen LogP contribution < -0.4 is 24.4 Å². The smallest absolute Gasteiger partial charge is 0.338 e. The molecule has 1 aliphatic rings. The van der Waals surface area contributed by atoms with E-state index in [1.54, 1.807) is 24.5 Å². The van der Waals surface area contributed by atoms with E-state index in [0.717, 1.165) is 12.7 Å². The third-order valence-corrected chi connectivity index (χ3v) is 8.17. The maximum atomic E-state index is 14.1. The second-order valence-corrected chi connectivity index (χ2v) is 12.3. The number of aromatic nitrogens is 1. The maximum Gasteiger partial charge on any atom is 0.338 e. The molecule has 1 aliphatic heterocycles. The van der Waals surface area contributed by atoms with Crippen LogP contribution in [0.3, 0.4) is 0 Å². The molecule has 1 aromatic heterocycles. The molecular weight excluding hydrogens is 742 g/mol. The Kier molecular flexibility index (Phi) is 9.70. The van der Waals surface area contributed by atoms with Crippen LogP contribution in [0, 0.1) is 7.14 Å². The summed E-state index contributed by atoms with van der Waals surface area (Å²) in [5, 5.41) is 0. The number of para-hydroxylation sites is 1. The lowest BCUT2D eigenvalue weighted by Gasteiger charge is -2.26. The standard InChI is InChI=1S/C29H28I2N2O5S/c1-6-12-37-26-18(13-19(30)15-21(26)31)14-23-27(34)33-25(20-10-8-9-11-22(20)38-16(3)4)24(28(35)36-7-2)17(5)32-29(33)39-23/h6,8-11,13-16,25H,1,7,12H2,2-5H3/b23-14-/t25-/m0/s1. The van der Waals surface area contributed by atoms with Gasteiger partial charge in [0, 0.05) is 14.7 Å². The number of hydrogen-bond donors (Lipinski definition) is 0. The van der Waals surface area contributed by atoms with E-state index < -0.39 is 12.0 Å². The van der Waals surface area contributed by atoms with Crippen molar-refractivity contribution in [2.45, 2.75) is 39.8 Å². The molecular formula is C29H28I2N2O5S. The minimum Gasteiger partial charge on any atom is -0.491 e. The first kappa shape index (κ1) is 29.5. The number of carbonyl (C=O) groups excluding carboxylic acids is 1. The summed E-state index contributed by atoms with van der Waals surface area (Å²) in [6.07, 6.45) is 3.40. The molecule has 0 fully saturated rings. The van der Waals surface area contributed by atoms with Gasteiger partial charge in [-0.3, -0.25) is 9.36 Å². The van der Waals surface area contributed by atoms with E-state index in [1.165, 1.54) is 11.3 Å². The van der Waals surface area contributed by atoms with E-state index >= 15 is 0 Å². The molecule has 39 heavy (non-hydrogen) atoms. The molecule has 7 nitrogen and oxygen atoms in total. The molecule has 3 aromatic rings. The van der Waals surface area contributed by atoms with Gasteiger partial charge in [-0.25, -0.2) is 9.79 Å². The Bertz CT molecular complexity index is 1640. The van der Waals surface area contributed by atoms with Crippen LogP contribution in [0.5, 0.6) is 11.5 Å². The largest absolute Gasteiger partial charge is 0.491 e. The molecule has 0 N–H and O–H groups in total. The minimum absolute atomic E-state index is 0.102. The number of nitrogens with zero attached hydrogens (tertiary/aromatic N) is 2. The Morgan fingerprint density at radius 3 is 2.69 bits per heavy atom. The van der Waals surface area contributed by atoms with Gasteiger partial charge in [0.15, 0.2) is 4.80 Å². The third-order valence-electron chi connectivity index (χ3n) is 5.76. The van der Waals surface area contributed by atoms with E-state index in [9.17, 15) is 9.59 Å². The van der Waals surface area contributed by atoms with Gasteiger partial charge in [0.1, 0.15) is 24.1 Å². The summed E-state index contributed by atoms with van der Waals surface area (Å²) >= 11 is 5.75. The average Bonchev–Trinajstić information content (AvgIpc) is 3.17. The minimum atomic E-state index is -0.759.